The fraction of sp³-hybridized carbons (Fsp3) is 0.385. The molecule has 0 unspecified atom stereocenters. The number of aliphatic hydroxyl groups is 1. The molecular weight excluding hydrogens is 460 g/mol. The number of anilines is 3. The minimum atomic E-state index is -0.526. The van der Waals surface area contributed by atoms with E-state index in [9.17, 15) is 9.90 Å². The molecule has 10 heteroatoms. The smallest absolute Gasteiger partial charge is 0.410 e. The average molecular weight is 495 g/mol. The van der Waals surface area contributed by atoms with Crippen LogP contribution in [0.5, 0.6) is 5.75 Å². The molecule has 10 nitrogen and oxygen atoms in total. The predicted octanol–water partition coefficient (Wildman–Crippen LogP) is 4.09. The summed E-state index contributed by atoms with van der Waals surface area (Å²) in [5.74, 6) is 1.82. The molecule has 0 aliphatic carbocycles. The molecule has 0 aliphatic rings. The lowest BCUT2D eigenvalue weighted by Gasteiger charge is -2.26. The van der Waals surface area contributed by atoms with Gasteiger partial charge in [-0.05, 0) is 57.2 Å². The van der Waals surface area contributed by atoms with Gasteiger partial charge in [0, 0.05) is 56.4 Å². The van der Waals surface area contributed by atoms with Crippen molar-refractivity contribution < 1.29 is 19.4 Å². The summed E-state index contributed by atoms with van der Waals surface area (Å²) >= 11 is 0. The van der Waals surface area contributed by atoms with Crippen molar-refractivity contribution in [3.05, 3.63) is 54.4 Å². The molecule has 0 aliphatic heterocycles. The SMILES string of the molecule is COc1ccc(Nc2nccc(-c3ccc(N(C)CCN(C)C(=O)OC(C)(C)C)nc3)n2)cc1CO. The number of rotatable bonds is 9. The van der Waals surface area contributed by atoms with E-state index in [2.05, 4.69) is 20.3 Å². The van der Waals surface area contributed by atoms with Crippen molar-refractivity contribution in [2.45, 2.75) is 33.0 Å². The summed E-state index contributed by atoms with van der Waals surface area (Å²) in [7, 11) is 5.20. The Morgan fingerprint density at radius 2 is 1.86 bits per heavy atom. The lowest BCUT2D eigenvalue weighted by atomic mass is 10.2. The van der Waals surface area contributed by atoms with Crippen LogP contribution in [-0.4, -0.2) is 70.9 Å². The fourth-order valence-electron chi connectivity index (χ4n) is 3.30. The highest BCUT2D eigenvalue weighted by atomic mass is 16.6. The fourth-order valence-corrected chi connectivity index (χ4v) is 3.30. The van der Waals surface area contributed by atoms with Crippen molar-refractivity contribution in [2.24, 2.45) is 0 Å². The number of aromatic nitrogens is 3. The largest absolute Gasteiger partial charge is 0.496 e. The summed E-state index contributed by atoms with van der Waals surface area (Å²) < 4.78 is 10.6. The van der Waals surface area contributed by atoms with E-state index < -0.39 is 5.60 Å². The molecule has 0 saturated carbocycles. The number of amides is 1. The van der Waals surface area contributed by atoms with Crippen LogP contribution in [0.1, 0.15) is 26.3 Å². The number of hydrogen-bond acceptors (Lipinski definition) is 9. The molecule has 0 radical (unpaired) electrons. The van der Waals surface area contributed by atoms with Crippen LogP contribution >= 0.6 is 0 Å². The topological polar surface area (TPSA) is 113 Å². The molecule has 3 aromatic rings. The second-order valence-electron chi connectivity index (χ2n) is 9.30. The van der Waals surface area contributed by atoms with Crippen molar-refractivity contribution in [1.82, 2.24) is 19.9 Å². The summed E-state index contributed by atoms with van der Waals surface area (Å²) in [5, 5.41) is 12.7. The van der Waals surface area contributed by atoms with Crippen LogP contribution in [0.3, 0.4) is 0 Å². The van der Waals surface area contributed by atoms with E-state index in [1.165, 1.54) is 0 Å². The van der Waals surface area contributed by atoms with Gasteiger partial charge in [0.15, 0.2) is 0 Å². The minimum Gasteiger partial charge on any atom is -0.496 e. The Kier molecular flexibility index (Phi) is 8.65. The van der Waals surface area contributed by atoms with Crippen molar-refractivity contribution in [1.29, 1.82) is 0 Å². The van der Waals surface area contributed by atoms with Gasteiger partial charge in [0.2, 0.25) is 5.95 Å². The maximum atomic E-state index is 12.1. The Balaban J connectivity index is 1.63. The maximum Gasteiger partial charge on any atom is 0.410 e. The monoisotopic (exact) mass is 494 g/mol. The van der Waals surface area contributed by atoms with Crippen LogP contribution in [0.2, 0.25) is 0 Å². The Bertz CT molecular complexity index is 1160. The zero-order valence-corrected chi connectivity index (χ0v) is 21.6. The van der Waals surface area contributed by atoms with Gasteiger partial charge in [-0.25, -0.2) is 19.7 Å². The molecule has 2 N–H and O–H groups in total. The summed E-state index contributed by atoms with van der Waals surface area (Å²) in [6, 6.07) is 11.1. The minimum absolute atomic E-state index is 0.136. The molecule has 36 heavy (non-hydrogen) atoms. The first kappa shape index (κ1) is 26.7. The highest BCUT2D eigenvalue weighted by Crippen LogP contribution is 2.25. The third-order valence-electron chi connectivity index (χ3n) is 5.27. The van der Waals surface area contributed by atoms with Crippen molar-refractivity contribution >= 4 is 23.5 Å². The quantitative estimate of drug-likeness (QED) is 0.454. The normalized spacial score (nSPS) is 11.1. The standard InChI is InChI=1S/C26H34N6O4/c1-26(2,3)36-25(34)32(5)14-13-31(4)23-10-7-18(16-28-23)21-11-12-27-24(30-21)29-20-8-9-22(35-6)19(15-20)17-33/h7-12,15-16,33H,13-14,17H2,1-6H3,(H,27,29,30). The summed E-state index contributed by atoms with van der Waals surface area (Å²) in [5.41, 5.74) is 2.44. The zero-order valence-electron chi connectivity index (χ0n) is 21.6. The van der Waals surface area contributed by atoms with Gasteiger partial charge in [-0.2, -0.15) is 0 Å². The summed E-state index contributed by atoms with van der Waals surface area (Å²) in [6.07, 6.45) is 3.08. The van der Waals surface area contributed by atoms with Gasteiger partial charge in [0.25, 0.3) is 0 Å². The van der Waals surface area contributed by atoms with E-state index in [0.29, 0.717) is 30.4 Å². The second-order valence-corrected chi connectivity index (χ2v) is 9.30. The third kappa shape index (κ3) is 7.29. The molecule has 3 rings (SSSR count). The first-order valence-corrected chi connectivity index (χ1v) is 11.6. The van der Waals surface area contributed by atoms with Crippen molar-refractivity contribution in [2.75, 3.05) is 44.5 Å². The van der Waals surface area contributed by atoms with Crippen molar-refractivity contribution in [3.8, 4) is 17.0 Å². The third-order valence-corrected chi connectivity index (χ3v) is 5.27. The molecule has 2 aromatic heterocycles. The molecular formula is C26H34N6O4. The number of methoxy groups -OCH3 is 1. The number of carbonyl (C=O) groups excluding carboxylic acids is 1. The summed E-state index contributed by atoms with van der Waals surface area (Å²) in [4.78, 5) is 29.1. The van der Waals surface area contributed by atoms with Crippen LogP contribution in [-0.2, 0) is 11.3 Å². The number of aliphatic hydroxyl groups excluding tert-OH is 1. The lowest BCUT2D eigenvalue weighted by Crippen LogP contribution is -2.38. The Hall–Kier alpha value is -3.92. The molecule has 0 saturated heterocycles. The van der Waals surface area contributed by atoms with Crippen LogP contribution < -0.4 is 15.0 Å². The summed E-state index contributed by atoms with van der Waals surface area (Å²) in [6.45, 7) is 6.50. The van der Waals surface area contributed by atoms with E-state index in [1.807, 2.05) is 57.0 Å². The van der Waals surface area contributed by atoms with E-state index >= 15 is 0 Å². The number of nitrogens with zero attached hydrogens (tertiary/aromatic N) is 5. The van der Waals surface area contributed by atoms with Crippen LogP contribution in [0.4, 0.5) is 22.2 Å². The molecule has 0 bridgehead atoms. The number of benzene rings is 1. The first-order chi connectivity index (χ1) is 17.1. The number of ether oxygens (including phenoxy) is 2. The van der Waals surface area contributed by atoms with Gasteiger partial charge in [-0.3, -0.25) is 0 Å². The lowest BCUT2D eigenvalue weighted by molar-refractivity contribution is 0.0303. The number of carbonyl (C=O) groups is 1. The number of nitrogens with one attached hydrogen (secondary N) is 1. The van der Waals surface area contributed by atoms with Crippen LogP contribution in [0.15, 0.2) is 48.8 Å². The van der Waals surface area contributed by atoms with E-state index in [1.54, 1.807) is 43.6 Å². The maximum absolute atomic E-state index is 12.1. The van der Waals surface area contributed by atoms with Gasteiger partial charge >= 0.3 is 6.09 Å². The molecule has 1 aromatic carbocycles. The highest BCUT2D eigenvalue weighted by molar-refractivity contribution is 5.68. The van der Waals surface area contributed by atoms with Gasteiger partial charge in [-0.1, -0.05) is 0 Å². The zero-order chi connectivity index (χ0) is 26.3. The van der Waals surface area contributed by atoms with E-state index in [0.717, 1.165) is 22.8 Å². The van der Waals surface area contributed by atoms with E-state index in [4.69, 9.17) is 9.47 Å². The predicted molar refractivity (Wildman–Crippen MR) is 140 cm³/mol. The van der Waals surface area contributed by atoms with Gasteiger partial charge in [0.1, 0.15) is 17.2 Å². The molecule has 1 amide bonds. The molecule has 0 fully saturated rings. The molecule has 0 spiro atoms. The van der Waals surface area contributed by atoms with Gasteiger partial charge in [-0.15, -0.1) is 0 Å². The van der Waals surface area contributed by atoms with E-state index in [-0.39, 0.29) is 12.7 Å². The van der Waals surface area contributed by atoms with Crippen molar-refractivity contribution in [3.63, 3.8) is 0 Å². The number of pyridine rings is 1. The molecule has 2 heterocycles. The Labute approximate surface area is 211 Å². The first-order valence-electron chi connectivity index (χ1n) is 11.6. The number of likely N-dealkylation sites (N-methyl/N-ethyl adjacent to an activating group) is 2. The highest BCUT2D eigenvalue weighted by Gasteiger charge is 2.19. The molecule has 0 atom stereocenters. The van der Waals surface area contributed by atoms with Crippen LogP contribution in [0.25, 0.3) is 11.3 Å². The second kappa shape index (κ2) is 11.7. The average Bonchev–Trinajstić information content (AvgIpc) is 2.86. The Morgan fingerprint density at radius 3 is 2.50 bits per heavy atom. The van der Waals surface area contributed by atoms with Gasteiger partial charge < -0.3 is 29.7 Å². The molecule has 192 valence electrons. The Morgan fingerprint density at radius 1 is 1.08 bits per heavy atom. The number of hydrogen-bond donors (Lipinski definition) is 2. The van der Waals surface area contributed by atoms with Crippen LogP contribution in [0, 0.1) is 0 Å². The van der Waals surface area contributed by atoms with Gasteiger partial charge in [0.05, 0.1) is 19.4 Å².